The van der Waals surface area contributed by atoms with Gasteiger partial charge in [-0.2, -0.15) is 0 Å². The molecule has 2 heterocycles. The molecule has 0 saturated carbocycles. The van der Waals surface area contributed by atoms with Crippen LogP contribution in [0.4, 0.5) is 4.79 Å². The molecular formula is C16H18N4O3. The molecule has 7 heteroatoms. The van der Waals surface area contributed by atoms with E-state index in [0.29, 0.717) is 13.1 Å². The quantitative estimate of drug-likeness (QED) is 0.893. The summed E-state index contributed by atoms with van der Waals surface area (Å²) in [5, 5.41) is 11.2. The highest BCUT2D eigenvalue weighted by Gasteiger charge is 2.24. The third kappa shape index (κ3) is 3.33. The fourth-order valence-corrected chi connectivity index (χ4v) is 2.68. The van der Waals surface area contributed by atoms with Crippen LogP contribution in [0.25, 0.3) is 5.69 Å². The molecule has 1 aromatic heterocycles. The molecular weight excluding hydrogens is 296 g/mol. The Morgan fingerprint density at radius 1 is 1.26 bits per heavy atom. The summed E-state index contributed by atoms with van der Waals surface area (Å²) in [6.45, 7) is 1.16. The number of imidazole rings is 1. The van der Waals surface area contributed by atoms with Gasteiger partial charge in [0, 0.05) is 30.9 Å². The summed E-state index contributed by atoms with van der Waals surface area (Å²) < 4.78 is 2.05. The molecule has 2 aromatic rings. The van der Waals surface area contributed by atoms with Crippen LogP contribution in [-0.4, -0.2) is 44.6 Å². The molecule has 3 rings (SSSR count). The summed E-state index contributed by atoms with van der Waals surface area (Å²) in [5.74, 6) is -0.923. The van der Waals surface area contributed by atoms with Gasteiger partial charge in [-0.1, -0.05) is 18.2 Å². The number of carbonyl (C=O) groups excluding carboxylic acids is 1. The number of hydrogen-bond acceptors (Lipinski definition) is 3. The number of urea groups is 1. The van der Waals surface area contributed by atoms with Crippen LogP contribution in [0.15, 0.2) is 36.7 Å². The lowest BCUT2D eigenvalue weighted by atomic mass is 10.1. The Morgan fingerprint density at radius 2 is 2.04 bits per heavy atom. The predicted octanol–water partition coefficient (Wildman–Crippen LogP) is 1.41. The molecule has 0 bridgehead atoms. The molecule has 0 fully saturated rings. The van der Waals surface area contributed by atoms with Crippen LogP contribution in [-0.2, 0) is 17.8 Å². The number of nitrogens with zero attached hydrogens (tertiary/aromatic N) is 3. The number of aliphatic carboxylic acids is 1. The number of amides is 2. The van der Waals surface area contributed by atoms with Gasteiger partial charge < -0.3 is 19.9 Å². The van der Waals surface area contributed by atoms with Crippen molar-refractivity contribution in [3.05, 3.63) is 48.0 Å². The average Bonchev–Trinajstić information content (AvgIpc) is 2.98. The topological polar surface area (TPSA) is 87.5 Å². The van der Waals surface area contributed by atoms with Crippen molar-refractivity contribution in [2.75, 3.05) is 13.1 Å². The summed E-state index contributed by atoms with van der Waals surface area (Å²) in [5.41, 5.74) is 3.06. The van der Waals surface area contributed by atoms with Crippen molar-refractivity contribution in [1.29, 1.82) is 0 Å². The van der Waals surface area contributed by atoms with Crippen LogP contribution < -0.4 is 5.32 Å². The lowest BCUT2D eigenvalue weighted by Crippen LogP contribution is -2.43. The molecule has 0 saturated heterocycles. The van der Waals surface area contributed by atoms with E-state index in [0.717, 1.165) is 23.5 Å². The maximum Gasteiger partial charge on any atom is 0.317 e. The molecule has 2 N–H and O–H groups in total. The van der Waals surface area contributed by atoms with E-state index in [2.05, 4.69) is 14.9 Å². The van der Waals surface area contributed by atoms with Gasteiger partial charge in [0.05, 0.1) is 25.0 Å². The number of aromatic nitrogens is 2. The van der Waals surface area contributed by atoms with E-state index in [1.54, 1.807) is 11.2 Å². The second kappa shape index (κ2) is 6.51. The number of nitrogens with one attached hydrogen (secondary N) is 1. The minimum absolute atomic E-state index is 0.0759. The molecule has 2 amide bonds. The van der Waals surface area contributed by atoms with Crippen molar-refractivity contribution in [2.45, 2.75) is 19.4 Å². The van der Waals surface area contributed by atoms with E-state index >= 15 is 0 Å². The van der Waals surface area contributed by atoms with Gasteiger partial charge in [0.15, 0.2) is 0 Å². The van der Waals surface area contributed by atoms with Gasteiger partial charge >= 0.3 is 12.0 Å². The minimum atomic E-state index is -0.923. The zero-order valence-electron chi connectivity index (χ0n) is 12.6. The minimum Gasteiger partial charge on any atom is -0.481 e. The van der Waals surface area contributed by atoms with E-state index in [1.165, 1.54) is 0 Å². The van der Waals surface area contributed by atoms with Crippen molar-refractivity contribution in [1.82, 2.24) is 19.8 Å². The third-order valence-corrected chi connectivity index (χ3v) is 3.85. The molecule has 0 unspecified atom stereocenters. The molecule has 0 radical (unpaired) electrons. The van der Waals surface area contributed by atoms with Crippen molar-refractivity contribution in [3.63, 3.8) is 0 Å². The maximum atomic E-state index is 12.1. The highest BCUT2D eigenvalue weighted by Crippen LogP contribution is 2.21. The first-order valence-corrected chi connectivity index (χ1v) is 7.50. The highest BCUT2D eigenvalue weighted by molar-refractivity contribution is 5.75. The number of carbonyl (C=O) groups is 2. The second-order valence-electron chi connectivity index (χ2n) is 5.39. The van der Waals surface area contributed by atoms with E-state index < -0.39 is 5.97 Å². The van der Waals surface area contributed by atoms with Gasteiger partial charge in [0.2, 0.25) is 0 Å². The van der Waals surface area contributed by atoms with Crippen molar-refractivity contribution in [2.24, 2.45) is 0 Å². The predicted molar refractivity (Wildman–Crippen MR) is 83.3 cm³/mol. The fraction of sp³-hybridized carbons (Fsp3) is 0.312. The fourth-order valence-electron chi connectivity index (χ4n) is 2.68. The SMILES string of the molecule is O=C(O)CCNC(=O)N1CCc2c(ncn2-c2ccccc2)C1. The largest absolute Gasteiger partial charge is 0.481 e. The first-order chi connectivity index (χ1) is 11.1. The summed E-state index contributed by atoms with van der Waals surface area (Å²) >= 11 is 0. The van der Waals surface area contributed by atoms with Gasteiger partial charge in [-0.3, -0.25) is 4.79 Å². The second-order valence-corrected chi connectivity index (χ2v) is 5.39. The molecule has 0 aliphatic carbocycles. The molecule has 7 nitrogen and oxygen atoms in total. The monoisotopic (exact) mass is 314 g/mol. The average molecular weight is 314 g/mol. The molecule has 1 aliphatic rings. The van der Waals surface area contributed by atoms with Gasteiger partial charge in [0.1, 0.15) is 0 Å². The van der Waals surface area contributed by atoms with E-state index in [-0.39, 0.29) is 19.0 Å². The highest BCUT2D eigenvalue weighted by atomic mass is 16.4. The van der Waals surface area contributed by atoms with Crippen molar-refractivity contribution >= 4 is 12.0 Å². The standard InChI is InChI=1S/C16H18N4O3/c21-15(22)6-8-17-16(23)19-9-7-14-13(10-19)18-11-20(14)12-4-2-1-3-5-12/h1-5,11H,6-10H2,(H,17,23)(H,21,22). The Hall–Kier alpha value is -2.83. The van der Waals surface area contributed by atoms with Crippen molar-refractivity contribution in [3.8, 4) is 5.69 Å². The summed E-state index contributed by atoms with van der Waals surface area (Å²) in [6.07, 6.45) is 2.43. The Kier molecular flexibility index (Phi) is 4.27. The zero-order valence-corrected chi connectivity index (χ0v) is 12.6. The van der Waals surface area contributed by atoms with Crippen LogP contribution in [0, 0.1) is 0 Å². The van der Waals surface area contributed by atoms with Crippen LogP contribution in [0.3, 0.4) is 0 Å². The summed E-state index contributed by atoms with van der Waals surface area (Å²) in [4.78, 5) is 28.6. The first kappa shape index (κ1) is 15.1. The number of hydrogen-bond donors (Lipinski definition) is 2. The van der Waals surface area contributed by atoms with Crippen LogP contribution >= 0.6 is 0 Å². The van der Waals surface area contributed by atoms with E-state index in [1.807, 2.05) is 30.3 Å². The molecule has 1 aromatic carbocycles. The number of benzene rings is 1. The third-order valence-electron chi connectivity index (χ3n) is 3.85. The zero-order chi connectivity index (χ0) is 16.2. The lowest BCUT2D eigenvalue weighted by Gasteiger charge is -2.27. The Bertz CT molecular complexity index is 711. The number of para-hydroxylation sites is 1. The Morgan fingerprint density at radius 3 is 2.78 bits per heavy atom. The number of carboxylic acids is 1. The van der Waals surface area contributed by atoms with Crippen LogP contribution in [0.5, 0.6) is 0 Å². The maximum absolute atomic E-state index is 12.1. The molecule has 1 aliphatic heterocycles. The summed E-state index contributed by atoms with van der Waals surface area (Å²) in [6, 6.07) is 9.72. The van der Waals surface area contributed by atoms with E-state index in [9.17, 15) is 9.59 Å². The molecule has 0 spiro atoms. The smallest absolute Gasteiger partial charge is 0.317 e. The summed E-state index contributed by atoms with van der Waals surface area (Å²) in [7, 11) is 0. The normalized spacial score (nSPS) is 13.5. The van der Waals surface area contributed by atoms with Gasteiger partial charge in [0.25, 0.3) is 0 Å². The Labute approximate surface area is 133 Å². The van der Waals surface area contributed by atoms with Gasteiger partial charge in [-0.25, -0.2) is 9.78 Å². The number of rotatable bonds is 4. The molecule has 23 heavy (non-hydrogen) atoms. The van der Waals surface area contributed by atoms with Gasteiger partial charge in [-0.05, 0) is 12.1 Å². The Balaban J connectivity index is 1.67. The van der Waals surface area contributed by atoms with Crippen LogP contribution in [0.1, 0.15) is 17.8 Å². The van der Waals surface area contributed by atoms with E-state index in [4.69, 9.17) is 5.11 Å². The van der Waals surface area contributed by atoms with Gasteiger partial charge in [-0.15, -0.1) is 0 Å². The number of fused-ring (bicyclic) bond motifs is 1. The lowest BCUT2D eigenvalue weighted by molar-refractivity contribution is -0.136. The molecule has 120 valence electrons. The van der Waals surface area contributed by atoms with Crippen molar-refractivity contribution < 1.29 is 14.7 Å². The first-order valence-electron chi connectivity index (χ1n) is 7.50. The van der Waals surface area contributed by atoms with Crippen LogP contribution in [0.2, 0.25) is 0 Å². The molecule has 0 atom stereocenters. The number of carboxylic acid groups (broad SMARTS) is 1.